The molecule has 5 heteroatoms. The van der Waals surface area contributed by atoms with Crippen molar-refractivity contribution in [2.75, 3.05) is 0 Å². The van der Waals surface area contributed by atoms with Crippen LogP contribution in [-0.4, -0.2) is 27.8 Å². The third-order valence-corrected chi connectivity index (χ3v) is 3.15. The van der Waals surface area contributed by atoms with Gasteiger partial charge in [-0.05, 0) is 24.8 Å². The smallest absolute Gasteiger partial charge is 0.337 e. The standard InChI is InChI=1S/C15H23NO4/c1-11(2)9-15(19,14(17)18)12(3)16-20-10-13-7-5-4-6-8-13/h4-8,11-12,16,19H,9-10H2,1-3H3,(H,17,18)/t12-,15-/m0/s1. The SMILES string of the molecule is CC(C)C[C@@](O)(C(=O)O)[C@H](C)NOCc1ccccc1. The molecule has 0 heterocycles. The van der Waals surface area contributed by atoms with Gasteiger partial charge in [0.1, 0.15) is 0 Å². The summed E-state index contributed by atoms with van der Waals surface area (Å²) >= 11 is 0. The summed E-state index contributed by atoms with van der Waals surface area (Å²) in [4.78, 5) is 16.6. The van der Waals surface area contributed by atoms with E-state index in [4.69, 9.17) is 4.84 Å². The summed E-state index contributed by atoms with van der Waals surface area (Å²) in [5.41, 5.74) is 1.75. The lowest BCUT2D eigenvalue weighted by atomic mass is 9.87. The van der Waals surface area contributed by atoms with E-state index in [9.17, 15) is 15.0 Å². The first-order valence-corrected chi connectivity index (χ1v) is 6.73. The maximum Gasteiger partial charge on any atom is 0.337 e. The van der Waals surface area contributed by atoms with Crippen LogP contribution in [0.25, 0.3) is 0 Å². The minimum Gasteiger partial charge on any atom is -0.479 e. The highest BCUT2D eigenvalue weighted by molar-refractivity contribution is 5.78. The molecular weight excluding hydrogens is 258 g/mol. The zero-order valence-corrected chi connectivity index (χ0v) is 12.2. The van der Waals surface area contributed by atoms with Gasteiger partial charge in [-0.3, -0.25) is 4.84 Å². The molecular formula is C15H23NO4. The molecule has 0 bridgehead atoms. The average molecular weight is 281 g/mol. The maximum absolute atomic E-state index is 11.3. The zero-order chi connectivity index (χ0) is 15.2. The summed E-state index contributed by atoms with van der Waals surface area (Å²) in [7, 11) is 0. The van der Waals surface area contributed by atoms with Crippen molar-refractivity contribution >= 4 is 5.97 Å². The van der Waals surface area contributed by atoms with Gasteiger partial charge in [0.2, 0.25) is 0 Å². The van der Waals surface area contributed by atoms with Crippen LogP contribution in [0.5, 0.6) is 0 Å². The second-order valence-corrected chi connectivity index (χ2v) is 5.44. The zero-order valence-electron chi connectivity index (χ0n) is 12.2. The molecule has 0 aliphatic carbocycles. The highest BCUT2D eigenvalue weighted by atomic mass is 16.6. The van der Waals surface area contributed by atoms with Gasteiger partial charge in [-0.15, -0.1) is 0 Å². The van der Waals surface area contributed by atoms with Crippen LogP contribution in [0, 0.1) is 5.92 Å². The van der Waals surface area contributed by atoms with Crippen molar-refractivity contribution < 1.29 is 19.8 Å². The summed E-state index contributed by atoms with van der Waals surface area (Å²) < 4.78 is 0. The number of aliphatic hydroxyl groups is 1. The molecule has 1 rings (SSSR count). The van der Waals surface area contributed by atoms with Crippen molar-refractivity contribution in [1.82, 2.24) is 5.48 Å². The fraction of sp³-hybridized carbons (Fsp3) is 0.533. The molecule has 0 spiro atoms. The first kappa shape index (κ1) is 16.6. The number of nitrogens with one attached hydrogen (secondary N) is 1. The number of benzene rings is 1. The first-order valence-electron chi connectivity index (χ1n) is 6.73. The minimum absolute atomic E-state index is 0.0643. The molecule has 0 fully saturated rings. The molecule has 0 amide bonds. The van der Waals surface area contributed by atoms with Gasteiger partial charge in [0.05, 0.1) is 12.6 Å². The van der Waals surface area contributed by atoms with Crippen molar-refractivity contribution in [1.29, 1.82) is 0 Å². The molecule has 20 heavy (non-hydrogen) atoms. The molecule has 0 saturated carbocycles. The van der Waals surface area contributed by atoms with E-state index in [1.54, 1.807) is 6.92 Å². The lowest BCUT2D eigenvalue weighted by Crippen LogP contribution is -2.55. The summed E-state index contributed by atoms with van der Waals surface area (Å²) in [5, 5.41) is 19.5. The predicted molar refractivity (Wildman–Crippen MR) is 75.9 cm³/mol. The normalized spacial score (nSPS) is 15.8. The van der Waals surface area contributed by atoms with E-state index in [0.717, 1.165) is 5.56 Å². The molecule has 1 aromatic rings. The Kier molecular flexibility index (Phi) is 6.13. The number of rotatable bonds is 8. The molecule has 0 saturated heterocycles. The quantitative estimate of drug-likeness (QED) is 0.635. The fourth-order valence-electron chi connectivity index (χ4n) is 1.99. The Morgan fingerprint density at radius 1 is 1.30 bits per heavy atom. The molecule has 0 unspecified atom stereocenters. The largest absolute Gasteiger partial charge is 0.479 e. The van der Waals surface area contributed by atoms with Gasteiger partial charge in [0.15, 0.2) is 5.60 Å². The second-order valence-electron chi connectivity index (χ2n) is 5.44. The van der Waals surface area contributed by atoms with Crippen molar-refractivity contribution in [3.63, 3.8) is 0 Å². The number of carboxylic acids is 1. The van der Waals surface area contributed by atoms with Crippen LogP contribution in [0.2, 0.25) is 0 Å². The minimum atomic E-state index is -1.84. The van der Waals surface area contributed by atoms with Gasteiger partial charge in [-0.25, -0.2) is 4.79 Å². The van der Waals surface area contributed by atoms with Crippen LogP contribution in [0.15, 0.2) is 30.3 Å². The number of carbonyl (C=O) groups is 1. The van der Waals surface area contributed by atoms with E-state index in [1.165, 1.54) is 0 Å². The third kappa shape index (κ3) is 4.59. The molecule has 3 N–H and O–H groups in total. The summed E-state index contributed by atoms with van der Waals surface area (Å²) in [5.74, 6) is -1.18. The number of hydrogen-bond acceptors (Lipinski definition) is 4. The molecule has 1 aromatic carbocycles. The van der Waals surface area contributed by atoms with E-state index in [1.807, 2.05) is 44.2 Å². The average Bonchev–Trinajstić information content (AvgIpc) is 2.38. The monoisotopic (exact) mass is 281 g/mol. The Balaban J connectivity index is 2.54. The van der Waals surface area contributed by atoms with Crippen LogP contribution < -0.4 is 5.48 Å². The van der Waals surface area contributed by atoms with Gasteiger partial charge in [0, 0.05) is 0 Å². The summed E-state index contributed by atoms with van der Waals surface area (Å²) in [6.07, 6.45) is 0.158. The Labute approximate surface area is 119 Å². The van der Waals surface area contributed by atoms with Crippen molar-refractivity contribution in [3.05, 3.63) is 35.9 Å². The lowest BCUT2D eigenvalue weighted by molar-refractivity contribution is -0.169. The highest BCUT2D eigenvalue weighted by Gasteiger charge is 2.42. The summed E-state index contributed by atoms with van der Waals surface area (Å²) in [6, 6.07) is 8.80. The van der Waals surface area contributed by atoms with E-state index in [2.05, 4.69) is 5.48 Å². The van der Waals surface area contributed by atoms with Gasteiger partial charge in [-0.1, -0.05) is 44.2 Å². The third-order valence-electron chi connectivity index (χ3n) is 3.15. The molecule has 0 aromatic heterocycles. The maximum atomic E-state index is 11.3. The van der Waals surface area contributed by atoms with E-state index >= 15 is 0 Å². The molecule has 0 aliphatic heterocycles. The topological polar surface area (TPSA) is 78.8 Å². The second kappa shape index (κ2) is 7.38. The van der Waals surface area contributed by atoms with E-state index in [-0.39, 0.29) is 12.3 Å². The molecule has 0 aliphatic rings. The van der Waals surface area contributed by atoms with Gasteiger partial charge >= 0.3 is 5.97 Å². The van der Waals surface area contributed by atoms with Crippen molar-refractivity contribution in [3.8, 4) is 0 Å². The fourth-order valence-corrected chi connectivity index (χ4v) is 1.99. The van der Waals surface area contributed by atoms with Crippen LogP contribution in [0.1, 0.15) is 32.8 Å². The van der Waals surface area contributed by atoms with Gasteiger partial charge in [-0.2, -0.15) is 5.48 Å². The Morgan fingerprint density at radius 3 is 2.40 bits per heavy atom. The first-order chi connectivity index (χ1) is 9.36. The van der Waals surface area contributed by atoms with Crippen LogP contribution in [-0.2, 0) is 16.2 Å². The van der Waals surface area contributed by atoms with Crippen LogP contribution in [0.4, 0.5) is 0 Å². The van der Waals surface area contributed by atoms with Crippen LogP contribution in [0.3, 0.4) is 0 Å². The van der Waals surface area contributed by atoms with E-state index in [0.29, 0.717) is 6.61 Å². The molecule has 5 nitrogen and oxygen atoms in total. The number of hydrogen-bond donors (Lipinski definition) is 3. The van der Waals surface area contributed by atoms with Gasteiger partial charge in [0.25, 0.3) is 0 Å². The lowest BCUT2D eigenvalue weighted by Gasteiger charge is -2.31. The Hall–Kier alpha value is -1.43. The summed E-state index contributed by atoms with van der Waals surface area (Å²) in [6.45, 7) is 5.64. The molecule has 2 atom stereocenters. The molecule has 112 valence electrons. The Morgan fingerprint density at radius 2 is 1.90 bits per heavy atom. The van der Waals surface area contributed by atoms with Crippen molar-refractivity contribution in [2.24, 2.45) is 5.92 Å². The highest BCUT2D eigenvalue weighted by Crippen LogP contribution is 2.21. The van der Waals surface area contributed by atoms with Crippen LogP contribution >= 0.6 is 0 Å². The number of aliphatic carboxylic acids is 1. The van der Waals surface area contributed by atoms with E-state index < -0.39 is 17.6 Å². The molecule has 0 radical (unpaired) electrons. The van der Waals surface area contributed by atoms with Crippen molar-refractivity contribution in [2.45, 2.75) is 45.4 Å². The number of carboxylic acid groups (broad SMARTS) is 1. The Bertz CT molecular complexity index is 421. The number of hydroxylamine groups is 1. The van der Waals surface area contributed by atoms with Gasteiger partial charge < -0.3 is 10.2 Å². The predicted octanol–water partition coefficient (Wildman–Crippen LogP) is 1.96.